The van der Waals surface area contributed by atoms with Crippen molar-refractivity contribution in [1.29, 1.82) is 0 Å². The number of ether oxygens (including phenoxy) is 2. The molecule has 1 rings (SSSR count). The van der Waals surface area contributed by atoms with Crippen LogP contribution in [0.5, 0.6) is 0 Å². The number of hydrogen-bond donors (Lipinski definition) is 0. The third-order valence-corrected chi connectivity index (χ3v) is 1.53. The predicted octanol–water partition coefficient (Wildman–Crippen LogP) is 2.89. The van der Waals surface area contributed by atoms with Crippen molar-refractivity contribution in [2.24, 2.45) is 0 Å². The molecule has 0 amide bonds. The van der Waals surface area contributed by atoms with Gasteiger partial charge >= 0.3 is 0 Å². The van der Waals surface area contributed by atoms with Crippen LogP contribution in [0.3, 0.4) is 0 Å². The molecule has 0 unspecified atom stereocenters. The van der Waals surface area contributed by atoms with Gasteiger partial charge in [-0.1, -0.05) is 0 Å². The lowest BCUT2D eigenvalue weighted by Gasteiger charge is -2.18. The second kappa shape index (κ2) is 5.08. The molecular weight excluding hydrogens is 176 g/mol. The lowest BCUT2D eigenvalue weighted by atomic mass is 10.1. The number of allylic oxidation sites excluding steroid dienone is 4. The van der Waals surface area contributed by atoms with Crippen molar-refractivity contribution in [3.8, 4) is 0 Å². The highest BCUT2D eigenvalue weighted by molar-refractivity contribution is 5.21. The molecule has 0 N–H and O–H groups in total. The van der Waals surface area contributed by atoms with Crippen LogP contribution < -0.4 is 0 Å². The smallest absolute Gasteiger partial charge is 0.106 e. The lowest BCUT2D eigenvalue weighted by Crippen LogP contribution is -2.09. The van der Waals surface area contributed by atoms with Gasteiger partial charge in [0, 0.05) is 12.5 Å². The Kier molecular flexibility index (Phi) is 4.05. The van der Waals surface area contributed by atoms with Gasteiger partial charge < -0.3 is 9.47 Å². The molecule has 0 saturated carbocycles. The van der Waals surface area contributed by atoms with Gasteiger partial charge in [0.15, 0.2) is 0 Å². The minimum atomic E-state index is 0.183. The predicted molar refractivity (Wildman–Crippen MR) is 55.1 cm³/mol. The van der Waals surface area contributed by atoms with E-state index in [2.05, 4.69) is 12.5 Å². The van der Waals surface area contributed by atoms with E-state index in [1.54, 1.807) is 6.08 Å². The maximum Gasteiger partial charge on any atom is 0.106 e. The Balaban J connectivity index is 2.46. The Morgan fingerprint density at radius 3 is 2.21 bits per heavy atom. The van der Waals surface area contributed by atoms with E-state index in [0.717, 1.165) is 11.5 Å². The minimum absolute atomic E-state index is 0.183. The van der Waals surface area contributed by atoms with Crippen molar-refractivity contribution in [3.63, 3.8) is 0 Å². The van der Waals surface area contributed by atoms with Crippen LogP contribution in [0.15, 0.2) is 17.6 Å². The number of hydrogen-bond acceptors (Lipinski definition) is 2. The van der Waals surface area contributed by atoms with Gasteiger partial charge in [0.2, 0.25) is 0 Å². The Morgan fingerprint density at radius 2 is 1.79 bits per heavy atom. The third-order valence-electron chi connectivity index (χ3n) is 1.53. The minimum Gasteiger partial charge on any atom is -0.495 e. The summed E-state index contributed by atoms with van der Waals surface area (Å²) in [5, 5.41) is 0. The van der Waals surface area contributed by atoms with E-state index in [4.69, 9.17) is 9.47 Å². The third kappa shape index (κ3) is 3.86. The summed E-state index contributed by atoms with van der Waals surface area (Å²) in [5.74, 6) is 1.59. The van der Waals surface area contributed by atoms with Gasteiger partial charge in [0.25, 0.3) is 0 Å². The Hall–Kier alpha value is -0.920. The molecule has 2 heteroatoms. The quantitative estimate of drug-likeness (QED) is 0.683. The molecule has 0 aromatic rings. The molecule has 0 saturated heterocycles. The van der Waals surface area contributed by atoms with E-state index in [-0.39, 0.29) is 12.2 Å². The number of rotatable bonds is 4. The van der Waals surface area contributed by atoms with Gasteiger partial charge in [-0.05, 0) is 33.8 Å². The molecule has 0 aliphatic heterocycles. The van der Waals surface area contributed by atoms with Crippen molar-refractivity contribution >= 4 is 0 Å². The molecular formula is C12H17O2. The second-order valence-electron chi connectivity index (χ2n) is 3.76. The molecule has 0 bridgehead atoms. The fourth-order valence-electron chi connectivity index (χ4n) is 1.11. The molecule has 0 fully saturated rings. The SMILES string of the molecule is CC(C)OC1=[C]C=C(OC(C)C)[C]C1. The summed E-state index contributed by atoms with van der Waals surface area (Å²) in [5.41, 5.74) is 0. The van der Waals surface area contributed by atoms with E-state index < -0.39 is 0 Å². The summed E-state index contributed by atoms with van der Waals surface area (Å²) in [6.07, 6.45) is 8.98. The van der Waals surface area contributed by atoms with Crippen LogP contribution in [0, 0.1) is 12.5 Å². The van der Waals surface area contributed by atoms with Gasteiger partial charge in [0.05, 0.1) is 18.6 Å². The summed E-state index contributed by atoms with van der Waals surface area (Å²) in [6, 6.07) is 0. The van der Waals surface area contributed by atoms with Crippen molar-refractivity contribution in [3.05, 3.63) is 30.1 Å². The van der Waals surface area contributed by atoms with Crippen LogP contribution in [0.1, 0.15) is 34.1 Å². The molecule has 1 aliphatic carbocycles. The summed E-state index contributed by atoms with van der Waals surface area (Å²) >= 11 is 0. The maximum atomic E-state index is 5.49. The largest absolute Gasteiger partial charge is 0.495 e. The average Bonchev–Trinajstić information content (AvgIpc) is 2.06. The summed E-state index contributed by atoms with van der Waals surface area (Å²) in [6.45, 7) is 7.98. The van der Waals surface area contributed by atoms with Crippen molar-refractivity contribution in [1.82, 2.24) is 0 Å². The molecule has 1 aliphatic rings. The van der Waals surface area contributed by atoms with Crippen LogP contribution in [0.4, 0.5) is 0 Å². The molecule has 0 spiro atoms. The van der Waals surface area contributed by atoms with Gasteiger partial charge in [0.1, 0.15) is 11.5 Å². The van der Waals surface area contributed by atoms with Gasteiger partial charge in [-0.2, -0.15) is 0 Å². The van der Waals surface area contributed by atoms with Crippen molar-refractivity contribution in [2.75, 3.05) is 0 Å². The van der Waals surface area contributed by atoms with E-state index >= 15 is 0 Å². The van der Waals surface area contributed by atoms with Crippen LogP contribution in [-0.2, 0) is 9.47 Å². The highest BCUT2D eigenvalue weighted by Crippen LogP contribution is 2.20. The van der Waals surface area contributed by atoms with Crippen LogP contribution >= 0.6 is 0 Å². The maximum absolute atomic E-state index is 5.49. The molecule has 0 aromatic heterocycles. The molecule has 3 radical (unpaired) electrons. The normalized spacial score (nSPS) is 16.7. The molecule has 77 valence electrons. The summed E-state index contributed by atoms with van der Waals surface area (Å²) in [7, 11) is 0. The van der Waals surface area contributed by atoms with Crippen molar-refractivity contribution < 1.29 is 9.47 Å². The topological polar surface area (TPSA) is 18.5 Å². The first-order valence-corrected chi connectivity index (χ1v) is 4.97. The van der Waals surface area contributed by atoms with Crippen LogP contribution in [0.2, 0.25) is 0 Å². The molecule has 0 atom stereocenters. The lowest BCUT2D eigenvalue weighted by molar-refractivity contribution is 0.128. The Morgan fingerprint density at radius 1 is 1.14 bits per heavy atom. The summed E-state index contributed by atoms with van der Waals surface area (Å²) < 4.78 is 11.0. The van der Waals surface area contributed by atoms with E-state index in [1.165, 1.54) is 0 Å². The molecule has 0 heterocycles. The highest BCUT2D eigenvalue weighted by atomic mass is 16.5. The molecule has 14 heavy (non-hydrogen) atoms. The Labute approximate surface area is 86.6 Å². The molecule has 2 nitrogen and oxygen atoms in total. The first kappa shape index (κ1) is 11.2. The van der Waals surface area contributed by atoms with Gasteiger partial charge in [-0.15, -0.1) is 0 Å². The van der Waals surface area contributed by atoms with Gasteiger partial charge in [-0.25, -0.2) is 0 Å². The average molecular weight is 193 g/mol. The first-order chi connectivity index (χ1) is 6.58. The zero-order valence-corrected chi connectivity index (χ0v) is 9.26. The van der Waals surface area contributed by atoms with Gasteiger partial charge in [-0.3, -0.25) is 0 Å². The molecule has 0 aromatic carbocycles. The van der Waals surface area contributed by atoms with Crippen LogP contribution in [0.25, 0.3) is 0 Å². The zero-order valence-electron chi connectivity index (χ0n) is 9.26. The highest BCUT2D eigenvalue weighted by Gasteiger charge is 2.11. The Bertz CT molecular complexity index is 211. The fraction of sp³-hybridized carbons (Fsp3) is 0.583. The summed E-state index contributed by atoms with van der Waals surface area (Å²) in [4.78, 5) is 0. The van der Waals surface area contributed by atoms with E-state index in [1.807, 2.05) is 27.7 Å². The monoisotopic (exact) mass is 193 g/mol. The second-order valence-corrected chi connectivity index (χ2v) is 3.76. The van der Waals surface area contributed by atoms with Crippen molar-refractivity contribution in [2.45, 2.75) is 46.3 Å². The van der Waals surface area contributed by atoms with E-state index in [0.29, 0.717) is 6.42 Å². The van der Waals surface area contributed by atoms with Crippen LogP contribution in [-0.4, -0.2) is 12.2 Å². The fourth-order valence-corrected chi connectivity index (χ4v) is 1.11. The zero-order chi connectivity index (χ0) is 10.6. The standard InChI is InChI=1S/C12H17O2/c1-9(2)13-11-5-7-12(8-6-11)14-10(3)4/h5,9-10H,8H2,1-4H3. The van der Waals surface area contributed by atoms with E-state index in [9.17, 15) is 0 Å². The first-order valence-electron chi connectivity index (χ1n) is 4.97.